The molecule has 0 unspecified atom stereocenters. The molecule has 8 heteroatoms. The third-order valence-corrected chi connectivity index (χ3v) is 6.93. The number of pyridine rings is 2. The zero-order chi connectivity index (χ0) is 22.6. The minimum Gasteiger partial charge on any atom is -0.393 e. The van der Waals surface area contributed by atoms with Gasteiger partial charge < -0.3 is 15.2 Å². The van der Waals surface area contributed by atoms with Gasteiger partial charge in [0.25, 0.3) is 0 Å². The molecule has 0 aromatic carbocycles. The summed E-state index contributed by atoms with van der Waals surface area (Å²) in [7, 11) is 0. The highest BCUT2D eigenvalue weighted by atomic mass is 35.5. The Labute approximate surface area is 192 Å². The minimum absolute atomic E-state index is 0.110. The summed E-state index contributed by atoms with van der Waals surface area (Å²) in [6.07, 6.45) is 7.09. The average molecular weight is 459 g/mol. The topological polar surface area (TPSA) is 91.1 Å². The van der Waals surface area contributed by atoms with Crippen LogP contribution in [0.2, 0.25) is 5.02 Å². The standard InChI is InChI=1S/C24H28ClFN4O2/c25-20-13-28-17(11-16-1-3-18(31)4-2-16)12-19(20)22-6-5-21(26)23(30-22)29-15-24(14-27)7-9-32-10-8-24/h5-6,12-13,16,18,31H,1-4,7-11,15H2,(H,29,30). The summed E-state index contributed by atoms with van der Waals surface area (Å²) in [6.45, 7) is 1.37. The SMILES string of the molecule is N#CC1(CNc2nc(-c3cc(CC4CCC(O)CC4)ncc3Cl)ccc2F)CCOCC1. The van der Waals surface area contributed by atoms with Gasteiger partial charge in [0.05, 0.1) is 28.3 Å². The molecule has 1 saturated carbocycles. The summed E-state index contributed by atoms with van der Waals surface area (Å²) in [5.74, 6) is 0.124. The van der Waals surface area contributed by atoms with Gasteiger partial charge in [-0.15, -0.1) is 0 Å². The largest absolute Gasteiger partial charge is 0.393 e. The van der Waals surface area contributed by atoms with Gasteiger partial charge in [0.1, 0.15) is 0 Å². The van der Waals surface area contributed by atoms with E-state index in [1.807, 2.05) is 6.07 Å². The monoisotopic (exact) mass is 458 g/mol. The van der Waals surface area contributed by atoms with Crippen LogP contribution in [0.1, 0.15) is 44.2 Å². The zero-order valence-electron chi connectivity index (χ0n) is 18.0. The van der Waals surface area contributed by atoms with Crippen LogP contribution in [0.5, 0.6) is 0 Å². The molecule has 2 fully saturated rings. The molecule has 0 amide bonds. The Bertz CT molecular complexity index is 982. The molecule has 0 atom stereocenters. The van der Waals surface area contributed by atoms with E-state index >= 15 is 0 Å². The van der Waals surface area contributed by atoms with E-state index in [-0.39, 0.29) is 11.9 Å². The van der Waals surface area contributed by atoms with Crippen molar-refractivity contribution in [1.29, 1.82) is 5.26 Å². The van der Waals surface area contributed by atoms with Gasteiger partial charge in [0, 0.05) is 37.2 Å². The molecule has 170 valence electrons. The predicted octanol–water partition coefficient (Wildman–Crippen LogP) is 4.76. The molecule has 32 heavy (non-hydrogen) atoms. The highest BCUT2D eigenvalue weighted by molar-refractivity contribution is 6.33. The molecule has 4 rings (SSSR count). The van der Waals surface area contributed by atoms with Crippen LogP contribution in [0.25, 0.3) is 11.3 Å². The van der Waals surface area contributed by atoms with Crippen molar-refractivity contribution in [3.63, 3.8) is 0 Å². The molecule has 2 N–H and O–H groups in total. The first-order valence-corrected chi connectivity index (χ1v) is 11.6. The van der Waals surface area contributed by atoms with Crippen molar-refractivity contribution in [3.8, 4) is 17.3 Å². The Hall–Kier alpha value is -2.27. The fourth-order valence-corrected chi connectivity index (χ4v) is 4.69. The lowest BCUT2D eigenvalue weighted by Crippen LogP contribution is -2.35. The maximum Gasteiger partial charge on any atom is 0.165 e. The van der Waals surface area contributed by atoms with Crippen LogP contribution < -0.4 is 5.32 Å². The Balaban J connectivity index is 1.51. The van der Waals surface area contributed by atoms with E-state index in [2.05, 4.69) is 21.4 Å². The second-order valence-electron chi connectivity index (χ2n) is 8.92. The number of anilines is 1. The first-order valence-electron chi connectivity index (χ1n) is 11.2. The second-order valence-corrected chi connectivity index (χ2v) is 9.33. The molecular formula is C24H28ClFN4O2. The van der Waals surface area contributed by atoms with E-state index < -0.39 is 11.2 Å². The summed E-state index contributed by atoms with van der Waals surface area (Å²) in [6, 6.07) is 7.27. The molecule has 1 aliphatic carbocycles. The number of nitrogens with zero attached hydrogens (tertiary/aromatic N) is 3. The minimum atomic E-state index is -0.586. The van der Waals surface area contributed by atoms with Gasteiger partial charge in [0.15, 0.2) is 11.6 Å². The van der Waals surface area contributed by atoms with E-state index in [1.54, 1.807) is 12.3 Å². The predicted molar refractivity (Wildman–Crippen MR) is 121 cm³/mol. The number of hydrogen-bond donors (Lipinski definition) is 2. The Kier molecular flexibility index (Phi) is 7.24. The normalized spacial score (nSPS) is 22.8. The summed E-state index contributed by atoms with van der Waals surface area (Å²) in [5, 5.41) is 22.9. The number of nitrogens with one attached hydrogen (secondary N) is 1. The third kappa shape index (κ3) is 5.37. The molecule has 2 aromatic rings. The average Bonchev–Trinajstić information content (AvgIpc) is 2.82. The maximum absolute atomic E-state index is 14.5. The van der Waals surface area contributed by atoms with E-state index in [1.165, 1.54) is 6.07 Å². The Morgan fingerprint density at radius 3 is 2.72 bits per heavy atom. The lowest BCUT2D eigenvalue weighted by Gasteiger charge is -2.30. The summed E-state index contributed by atoms with van der Waals surface area (Å²) in [5.41, 5.74) is 1.59. The number of rotatable bonds is 6. The molecule has 1 saturated heterocycles. The molecule has 2 aromatic heterocycles. The summed E-state index contributed by atoms with van der Waals surface area (Å²) >= 11 is 6.42. The first kappa shape index (κ1) is 22.9. The Morgan fingerprint density at radius 2 is 2.00 bits per heavy atom. The van der Waals surface area contributed by atoms with Gasteiger partial charge in [-0.2, -0.15) is 5.26 Å². The van der Waals surface area contributed by atoms with Crippen LogP contribution in [0.15, 0.2) is 24.4 Å². The highest BCUT2D eigenvalue weighted by Gasteiger charge is 2.33. The van der Waals surface area contributed by atoms with Gasteiger partial charge in [0.2, 0.25) is 0 Å². The van der Waals surface area contributed by atoms with Crippen LogP contribution in [-0.2, 0) is 11.2 Å². The van der Waals surface area contributed by atoms with Gasteiger partial charge in [-0.25, -0.2) is 9.37 Å². The van der Waals surface area contributed by atoms with Gasteiger partial charge in [-0.05, 0) is 69.1 Å². The molecule has 0 radical (unpaired) electrons. The molecule has 0 spiro atoms. The highest BCUT2D eigenvalue weighted by Crippen LogP contribution is 2.33. The summed E-state index contributed by atoms with van der Waals surface area (Å²) in [4.78, 5) is 8.95. The molecular weight excluding hydrogens is 431 g/mol. The maximum atomic E-state index is 14.5. The second kappa shape index (κ2) is 10.1. The first-order chi connectivity index (χ1) is 15.5. The van der Waals surface area contributed by atoms with Crippen LogP contribution in [0.4, 0.5) is 10.2 Å². The number of halogens is 2. The van der Waals surface area contributed by atoms with E-state index in [0.717, 1.165) is 37.8 Å². The van der Waals surface area contributed by atoms with Crippen LogP contribution >= 0.6 is 11.6 Å². The van der Waals surface area contributed by atoms with Crippen LogP contribution in [-0.4, -0.2) is 40.9 Å². The quantitative estimate of drug-likeness (QED) is 0.648. The van der Waals surface area contributed by atoms with Crippen molar-refractivity contribution < 1.29 is 14.2 Å². The third-order valence-electron chi connectivity index (χ3n) is 6.63. The fraction of sp³-hybridized carbons (Fsp3) is 0.542. The number of aliphatic hydroxyl groups excluding tert-OH is 1. The number of nitriles is 1. The van der Waals surface area contributed by atoms with Crippen molar-refractivity contribution in [2.24, 2.45) is 11.3 Å². The van der Waals surface area contributed by atoms with Crippen molar-refractivity contribution >= 4 is 17.4 Å². The van der Waals surface area contributed by atoms with Crippen molar-refractivity contribution in [2.45, 2.75) is 51.0 Å². The van der Waals surface area contributed by atoms with E-state index in [0.29, 0.717) is 54.8 Å². The Morgan fingerprint density at radius 1 is 1.25 bits per heavy atom. The van der Waals surface area contributed by atoms with Crippen molar-refractivity contribution in [3.05, 3.63) is 40.9 Å². The lowest BCUT2D eigenvalue weighted by atomic mass is 9.82. The molecule has 6 nitrogen and oxygen atoms in total. The molecule has 0 bridgehead atoms. The van der Waals surface area contributed by atoms with Crippen LogP contribution in [0.3, 0.4) is 0 Å². The molecule has 1 aliphatic heterocycles. The number of aliphatic hydroxyl groups is 1. The number of aromatic nitrogens is 2. The summed E-state index contributed by atoms with van der Waals surface area (Å²) < 4.78 is 19.9. The van der Waals surface area contributed by atoms with E-state index in [4.69, 9.17) is 16.3 Å². The van der Waals surface area contributed by atoms with Gasteiger partial charge in [-0.3, -0.25) is 4.98 Å². The van der Waals surface area contributed by atoms with Gasteiger partial charge >= 0.3 is 0 Å². The van der Waals surface area contributed by atoms with Crippen molar-refractivity contribution in [2.75, 3.05) is 25.1 Å². The number of ether oxygens (including phenoxy) is 1. The van der Waals surface area contributed by atoms with E-state index in [9.17, 15) is 14.8 Å². The molecule has 3 heterocycles. The zero-order valence-corrected chi connectivity index (χ0v) is 18.7. The van der Waals surface area contributed by atoms with Crippen molar-refractivity contribution in [1.82, 2.24) is 9.97 Å². The lowest BCUT2D eigenvalue weighted by molar-refractivity contribution is 0.0455. The van der Waals surface area contributed by atoms with Gasteiger partial charge in [-0.1, -0.05) is 11.6 Å². The fourth-order valence-electron chi connectivity index (χ4n) is 4.49. The van der Waals surface area contributed by atoms with Crippen LogP contribution in [0, 0.1) is 28.5 Å². The smallest absolute Gasteiger partial charge is 0.165 e. The number of hydrogen-bond acceptors (Lipinski definition) is 6. The molecule has 2 aliphatic rings.